The van der Waals surface area contributed by atoms with Crippen molar-refractivity contribution in [3.05, 3.63) is 41.0 Å². The van der Waals surface area contributed by atoms with Crippen molar-refractivity contribution >= 4 is 55.1 Å². The van der Waals surface area contributed by atoms with Crippen molar-refractivity contribution in [3.63, 3.8) is 0 Å². The van der Waals surface area contributed by atoms with E-state index in [9.17, 15) is 21.6 Å². The van der Waals surface area contributed by atoms with Crippen LogP contribution < -0.4 is 0 Å². The smallest absolute Gasteiger partial charge is 0.247 e. The Morgan fingerprint density at radius 1 is 1.27 bits per heavy atom. The van der Waals surface area contributed by atoms with Gasteiger partial charge in [-0.1, -0.05) is 17.7 Å². The summed E-state index contributed by atoms with van der Waals surface area (Å²) in [6.07, 6.45) is -2.60. The highest BCUT2D eigenvalue weighted by Gasteiger charge is 2.32. The average molecular weight is 441 g/mol. The van der Waals surface area contributed by atoms with Gasteiger partial charge in [0.2, 0.25) is 0 Å². The van der Waals surface area contributed by atoms with Crippen molar-refractivity contribution in [1.82, 2.24) is 13.7 Å². The first-order chi connectivity index (χ1) is 12.1. The molecule has 2 aromatic heterocycles. The van der Waals surface area contributed by atoms with Gasteiger partial charge in [0.15, 0.2) is 0 Å². The fourth-order valence-electron chi connectivity index (χ4n) is 2.01. The van der Waals surface area contributed by atoms with Gasteiger partial charge in [-0.05, 0) is 35.1 Å². The SMILES string of the molecule is C/S(=N\S(=O)(=O)c1cccc2nsnc12)c1ncc(C(F)(F)F)cc1Cl. The topological polar surface area (TPSA) is 85.2 Å². The summed E-state index contributed by atoms with van der Waals surface area (Å²) in [5, 5.41) is -0.357. The number of pyridine rings is 1. The molecular formula is C13H8ClF3N4O2S3. The number of aromatic nitrogens is 3. The third-order valence-electron chi connectivity index (χ3n) is 3.15. The zero-order chi connectivity index (χ0) is 19.1. The third kappa shape index (κ3) is 3.72. The second-order valence-corrected chi connectivity index (χ2v) is 9.19. The molecule has 0 spiro atoms. The number of benzene rings is 1. The van der Waals surface area contributed by atoms with Crippen LogP contribution in [-0.4, -0.2) is 28.4 Å². The average Bonchev–Trinajstić information content (AvgIpc) is 3.01. The van der Waals surface area contributed by atoms with E-state index in [1.54, 1.807) is 6.07 Å². The van der Waals surface area contributed by atoms with Gasteiger partial charge in [0.1, 0.15) is 21.0 Å². The summed E-state index contributed by atoms with van der Waals surface area (Å²) < 4.78 is 74.9. The largest absolute Gasteiger partial charge is 0.417 e. The van der Waals surface area contributed by atoms with E-state index in [0.717, 1.165) is 11.7 Å². The lowest BCUT2D eigenvalue weighted by Crippen LogP contribution is -2.07. The van der Waals surface area contributed by atoms with E-state index in [2.05, 4.69) is 17.5 Å². The van der Waals surface area contributed by atoms with Crippen LogP contribution in [0.25, 0.3) is 11.0 Å². The number of hydrogen-bond acceptors (Lipinski definition) is 6. The van der Waals surface area contributed by atoms with Gasteiger partial charge in [-0.25, -0.2) is 4.98 Å². The Morgan fingerprint density at radius 2 is 2.00 bits per heavy atom. The minimum absolute atomic E-state index is 0.0492. The van der Waals surface area contributed by atoms with Gasteiger partial charge in [-0.2, -0.15) is 30.3 Å². The van der Waals surface area contributed by atoms with E-state index in [0.29, 0.717) is 17.8 Å². The van der Waals surface area contributed by atoms with E-state index >= 15 is 0 Å². The molecule has 0 aliphatic heterocycles. The van der Waals surface area contributed by atoms with Crippen LogP contribution in [0.2, 0.25) is 5.02 Å². The van der Waals surface area contributed by atoms with Gasteiger partial charge in [0.05, 0.1) is 22.3 Å². The quantitative estimate of drug-likeness (QED) is 0.615. The van der Waals surface area contributed by atoms with Gasteiger partial charge in [0, 0.05) is 6.20 Å². The van der Waals surface area contributed by atoms with Crippen molar-refractivity contribution < 1.29 is 21.6 Å². The van der Waals surface area contributed by atoms with Crippen LogP contribution in [0.5, 0.6) is 0 Å². The predicted octanol–water partition coefficient (Wildman–Crippen LogP) is 3.94. The summed E-state index contributed by atoms with van der Waals surface area (Å²) in [6, 6.07) is 5.14. The molecule has 2 heterocycles. The summed E-state index contributed by atoms with van der Waals surface area (Å²) in [6.45, 7) is 0. The molecule has 26 heavy (non-hydrogen) atoms. The summed E-state index contributed by atoms with van der Waals surface area (Å²) in [4.78, 5) is 3.52. The molecule has 0 saturated heterocycles. The molecule has 0 radical (unpaired) electrons. The van der Waals surface area contributed by atoms with Crippen LogP contribution in [0.4, 0.5) is 13.2 Å². The molecule has 0 bridgehead atoms. The second-order valence-electron chi connectivity index (χ2n) is 4.92. The van der Waals surface area contributed by atoms with Crippen LogP contribution >= 0.6 is 23.3 Å². The first-order valence-electron chi connectivity index (χ1n) is 6.68. The fourth-order valence-corrected chi connectivity index (χ4v) is 6.09. The van der Waals surface area contributed by atoms with E-state index in [4.69, 9.17) is 11.6 Å². The minimum Gasteiger partial charge on any atom is -0.247 e. The molecule has 1 unspecified atom stereocenters. The molecule has 3 aromatic rings. The van der Waals surface area contributed by atoms with E-state index in [1.807, 2.05) is 0 Å². The van der Waals surface area contributed by atoms with Crippen LogP contribution in [0.1, 0.15) is 5.56 Å². The van der Waals surface area contributed by atoms with Crippen molar-refractivity contribution in [1.29, 1.82) is 0 Å². The molecule has 1 atom stereocenters. The lowest BCUT2D eigenvalue weighted by atomic mass is 10.3. The van der Waals surface area contributed by atoms with Gasteiger partial charge in [-0.15, -0.1) is 3.77 Å². The maximum absolute atomic E-state index is 12.7. The van der Waals surface area contributed by atoms with E-state index < -0.39 is 32.5 Å². The molecular weight excluding hydrogens is 433 g/mol. The fraction of sp³-hybridized carbons (Fsp3) is 0.154. The first-order valence-corrected chi connectivity index (χ1v) is 10.8. The number of hydrogen-bond donors (Lipinski definition) is 0. The zero-order valence-corrected chi connectivity index (χ0v) is 15.9. The second kappa shape index (κ2) is 6.83. The van der Waals surface area contributed by atoms with Crippen LogP contribution in [-0.2, 0) is 26.9 Å². The summed E-state index contributed by atoms with van der Waals surface area (Å²) in [7, 11) is -5.54. The van der Waals surface area contributed by atoms with Crippen LogP contribution in [0.15, 0.2) is 44.2 Å². The molecule has 138 valence electrons. The lowest BCUT2D eigenvalue weighted by molar-refractivity contribution is -0.137. The standard InChI is InChI=1S/C13H8ClF3N4O2S3/c1-25(12-8(14)5-7(6-18-12)13(15,16)17)21-26(22,23)10-4-2-3-9-11(10)20-24-19-9/h2-6H,1H3. The number of alkyl halides is 3. The number of rotatable bonds is 3. The molecule has 13 heteroatoms. The number of halogens is 4. The maximum atomic E-state index is 12.7. The summed E-state index contributed by atoms with van der Waals surface area (Å²) in [5.41, 5.74) is -0.429. The molecule has 3 rings (SSSR count). The van der Waals surface area contributed by atoms with Crippen molar-refractivity contribution in [2.24, 2.45) is 3.77 Å². The monoisotopic (exact) mass is 440 g/mol. The van der Waals surface area contributed by atoms with Crippen LogP contribution in [0, 0.1) is 0 Å². The lowest BCUT2D eigenvalue weighted by Gasteiger charge is -2.09. The van der Waals surface area contributed by atoms with Gasteiger partial charge < -0.3 is 0 Å². The predicted molar refractivity (Wildman–Crippen MR) is 92.8 cm³/mol. The molecule has 0 aliphatic carbocycles. The zero-order valence-electron chi connectivity index (χ0n) is 12.7. The summed E-state index contributed by atoms with van der Waals surface area (Å²) >= 11 is 6.71. The maximum Gasteiger partial charge on any atom is 0.417 e. The number of sulfonamides is 1. The Kier molecular flexibility index (Phi) is 5.03. The Morgan fingerprint density at radius 3 is 2.65 bits per heavy atom. The Balaban J connectivity index is 2.05. The van der Waals surface area contributed by atoms with Crippen molar-refractivity contribution in [2.75, 3.05) is 6.26 Å². The minimum atomic E-state index is -4.60. The molecule has 6 nitrogen and oxygen atoms in total. The highest BCUT2D eigenvalue weighted by molar-refractivity contribution is 8.00. The molecule has 0 amide bonds. The van der Waals surface area contributed by atoms with Gasteiger partial charge in [-0.3, -0.25) is 0 Å². The van der Waals surface area contributed by atoms with E-state index in [1.165, 1.54) is 18.4 Å². The van der Waals surface area contributed by atoms with Crippen molar-refractivity contribution in [2.45, 2.75) is 16.1 Å². The summed E-state index contributed by atoms with van der Waals surface area (Å²) in [5.74, 6) is 0. The number of fused-ring (bicyclic) bond motifs is 1. The highest BCUT2D eigenvalue weighted by Crippen LogP contribution is 2.32. The van der Waals surface area contributed by atoms with E-state index in [-0.39, 0.29) is 20.5 Å². The highest BCUT2D eigenvalue weighted by atomic mass is 35.5. The normalized spacial score (nSPS) is 14.0. The van der Waals surface area contributed by atoms with Gasteiger partial charge in [0.25, 0.3) is 10.0 Å². The Bertz CT molecular complexity index is 1130. The third-order valence-corrected chi connectivity index (χ3v) is 7.54. The molecule has 0 saturated carbocycles. The molecule has 0 fully saturated rings. The van der Waals surface area contributed by atoms with Crippen molar-refractivity contribution in [3.8, 4) is 0 Å². The Hall–Kier alpha value is -1.63. The van der Waals surface area contributed by atoms with Crippen LogP contribution in [0.3, 0.4) is 0 Å². The molecule has 1 aromatic carbocycles. The Labute approximate surface area is 157 Å². The van der Waals surface area contributed by atoms with Gasteiger partial charge >= 0.3 is 6.18 Å². The molecule has 0 N–H and O–H groups in total. The number of nitrogens with zero attached hydrogens (tertiary/aromatic N) is 4. The first kappa shape index (κ1) is 19.1. The molecule has 0 aliphatic rings.